The second-order valence-electron chi connectivity index (χ2n) is 3.92. The third-order valence-electron chi connectivity index (χ3n) is 2.85. The minimum Gasteiger partial charge on any atom is -0.313 e. The van der Waals surface area contributed by atoms with Crippen molar-refractivity contribution in [2.45, 2.75) is 37.0 Å². The summed E-state index contributed by atoms with van der Waals surface area (Å²) in [5.74, 6) is 0. The zero-order chi connectivity index (χ0) is 9.31. The van der Waals surface area contributed by atoms with E-state index in [2.05, 4.69) is 10.0 Å². The molecule has 0 unspecified atom stereocenters. The van der Waals surface area contributed by atoms with E-state index in [0.29, 0.717) is 0 Å². The van der Waals surface area contributed by atoms with E-state index in [4.69, 9.17) is 0 Å². The van der Waals surface area contributed by atoms with Crippen molar-refractivity contribution in [1.29, 1.82) is 0 Å². The van der Waals surface area contributed by atoms with Gasteiger partial charge in [-0.05, 0) is 12.8 Å². The van der Waals surface area contributed by atoms with Gasteiger partial charge in [0.25, 0.3) is 0 Å². The van der Waals surface area contributed by atoms with Gasteiger partial charge in [-0.3, -0.25) is 0 Å². The highest BCUT2D eigenvalue weighted by Crippen LogP contribution is 2.24. The first-order valence-electron chi connectivity index (χ1n) is 4.90. The van der Waals surface area contributed by atoms with Crippen LogP contribution in [0.1, 0.15) is 25.7 Å². The average molecular weight is 204 g/mol. The quantitative estimate of drug-likeness (QED) is 0.670. The maximum Gasteiger partial charge on any atom is 0.214 e. The molecule has 2 fully saturated rings. The second-order valence-corrected chi connectivity index (χ2v) is 5.92. The van der Waals surface area contributed by atoms with E-state index in [9.17, 15) is 8.42 Å². The lowest BCUT2D eigenvalue weighted by Crippen LogP contribution is -2.58. The zero-order valence-electron chi connectivity index (χ0n) is 7.62. The molecule has 2 N–H and O–H groups in total. The van der Waals surface area contributed by atoms with Crippen molar-refractivity contribution < 1.29 is 8.42 Å². The maximum absolute atomic E-state index is 11.7. The molecule has 1 saturated heterocycles. The van der Waals surface area contributed by atoms with E-state index < -0.39 is 10.0 Å². The highest BCUT2D eigenvalue weighted by Gasteiger charge is 2.31. The number of hydrogen-bond acceptors (Lipinski definition) is 3. The Kier molecular flexibility index (Phi) is 2.58. The minimum atomic E-state index is -3.01. The molecule has 0 amide bonds. The van der Waals surface area contributed by atoms with E-state index in [1.807, 2.05) is 0 Å². The van der Waals surface area contributed by atoms with Crippen LogP contribution in [-0.2, 0) is 10.0 Å². The van der Waals surface area contributed by atoms with Gasteiger partial charge in [-0.2, -0.15) is 0 Å². The van der Waals surface area contributed by atoms with Crippen LogP contribution in [0, 0.1) is 0 Å². The molecule has 0 aromatic carbocycles. The normalized spacial score (nSPS) is 26.2. The SMILES string of the molecule is O=S(=O)(NC1CNC1)C1CCCC1. The first-order valence-corrected chi connectivity index (χ1v) is 6.45. The van der Waals surface area contributed by atoms with Crippen LogP contribution in [0.4, 0.5) is 0 Å². The zero-order valence-corrected chi connectivity index (χ0v) is 8.44. The minimum absolute atomic E-state index is 0.118. The van der Waals surface area contributed by atoms with E-state index in [1.165, 1.54) is 0 Å². The van der Waals surface area contributed by atoms with Gasteiger partial charge in [0.15, 0.2) is 0 Å². The van der Waals surface area contributed by atoms with E-state index in [1.54, 1.807) is 0 Å². The Morgan fingerprint density at radius 2 is 1.77 bits per heavy atom. The maximum atomic E-state index is 11.7. The molecule has 76 valence electrons. The third-order valence-corrected chi connectivity index (χ3v) is 4.86. The summed E-state index contributed by atoms with van der Waals surface area (Å²) in [7, 11) is -3.01. The summed E-state index contributed by atoms with van der Waals surface area (Å²) in [5, 5.41) is 2.93. The topological polar surface area (TPSA) is 58.2 Å². The summed E-state index contributed by atoms with van der Waals surface area (Å²) in [6.45, 7) is 1.57. The number of nitrogens with one attached hydrogen (secondary N) is 2. The van der Waals surface area contributed by atoms with E-state index in [0.717, 1.165) is 38.8 Å². The van der Waals surface area contributed by atoms with Crippen LogP contribution in [0.2, 0.25) is 0 Å². The highest BCUT2D eigenvalue weighted by molar-refractivity contribution is 7.90. The van der Waals surface area contributed by atoms with Gasteiger partial charge in [0, 0.05) is 19.1 Å². The Balaban J connectivity index is 1.93. The summed E-state index contributed by atoms with van der Waals surface area (Å²) in [6, 6.07) is 0.144. The van der Waals surface area contributed by atoms with Gasteiger partial charge in [0.2, 0.25) is 10.0 Å². The van der Waals surface area contributed by atoms with Crippen molar-refractivity contribution in [2.75, 3.05) is 13.1 Å². The molecule has 0 aromatic rings. The summed E-state index contributed by atoms with van der Waals surface area (Å²) < 4.78 is 26.1. The molecule has 1 aliphatic heterocycles. The smallest absolute Gasteiger partial charge is 0.214 e. The molecular formula is C8H16N2O2S. The molecule has 1 heterocycles. The Bertz CT molecular complexity index is 266. The van der Waals surface area contributed by atoms with Gasteiger partial charge < -0.3 is 5.32 Å². The van der Waals surface area contributed by atoms with Gasteiger partial charge in [-0.25, -0.2) is 13.1 Å². The largest absolute Gasteiger partial charge is 0.313 e. The molecular weight excluding hydrogens is 188 g/mol. The monoisotopic (exact) mass is 204 g/mol. The van der Waals surface area contributed by atoms with Crippen LogP contribution < -0.4 is 10.0 Å². The lowest BCUT2D eigenvalue weighted by atomic mass is 10.2. The van der Waals surface area contributed by atoms with E-state index >= 15 is 0 Å². The van der Waals surface area contributed by atoms with Gasteiger partial charge in [0.05, 0.1) is 5.25 Å². The summed E-state index contributed by atoms with van der Waals surface area (Å²) in [6.07, 6.45) is 3.81. The lowest BCUT2D eigenvalue weighted by molar-refractivity contribution is 0.408. The highest BCUT2D eigenvalue weighted by atomic mass is 32.2. The predicted octanol–water partition coefficient (Wildman–Crippen LogP) is -0.180. The van der Waals surface area contributed by atoms with Gasteiger partial charge >= 0.3 is 0 Å². The molecule has 2 rings (SSSR count). The first kappa shape index (κ1) is 9.43. The fraction of sp³-hybridized carbons (Fsp3) is 1.00. The van der Waals surface area contributed by atoms with Crippen molar-refractivity contribution in [3.05, 3.63) is 0 Å². The molecule has 0 aromatic heterocycles. The van der Waals surface area contributed by atoms with Gasteiger partial charge in [-0.15, -0.1) is 0 Å². The standard InChI is InChI=1S/C8H16N2O2S/c11-13(12,8-3-1-2-4-8)10-7-5-9-6-7/h7-10H,1-6H2. The van der Waals surface area contributed by atoms with Crippen LogP contribution in [0.25, 0.3) is 0 Å². The lowest BCUT2D eigenvalue weighted by Gasteiger charge is -2.28. The molecule has 0 spiro atoms. The number of sulfonamides is 1. The van der Waals surface area contributed by atoms with Crippen LogP contribution >= 0.6 is 0 Å². The third kappa shape index (κ3) is 2.03. The first-order chi connectivity index (χ1) is 6.18. The molecule has 2 aliphatic rings. The predicted molar refractivity (Wildman–Crippen MR) is 51.0 cm³/mol. The van der Waals surface area contributed by atoms with E-state index in [-0.39, 0.29) is 11.3 Å². The fourth-order valence-corrected chi connectivity index (χ4v) is 3.68. The van der Waals surface area contributed by atoms with Crippen LogP contribution in [0.5, 0.6) is 0 Å². The van der Waals surface area contributed by atoms with Crippen LogP contribution in [-0.4, -0.2) is 32.8 Å². The Morgan fingerprint density at radius 1 is 1.15 bits per heavy atom. The fourth-order valence-electron chi connectivity index (χ4n) is 1.90. The molecule has 1 aliphatic carbocycles. The number of rotatable bonds is 3. The Morgan fingerprint density at radius 3 is 2.23 bits per heavy atom. The molecule has 1 saturated carbocycles. The van der Waals surface area contributed by atoms with Crippen LogP contribution in [0.3, 0.4) is 0 Å². The summed E-state index contributed by atoms with van der Waals surface area (Å²) in [4.78, 5) is 0. The second kappa shape index (κ2) is 3.55. The molecule has 0 radical (unpaired) electrons. The molecule has 5 heteroatoms. The molecule has 13 heavy (non-hydrogen) atoms. The molecule has 4 nitrogen and oxygen atoms in total. The van der Waals surface area contributed by atoms with Gasteiger partial charge in [-0.1, -0.05) is 12.8 Å². The van der Waals surface area contributed by atoms with Crippen molar-refractivity contribution >= 4 is 10.0 Å². The van der Waals surface area contributed by atoms with Gasteiger partial charge in [0.1, 0.15) is 0 Å². The summed E-state index contributed by atoms with van der Waals surface area (Å²) in [5.41, 5.74) is 0. The average Bonchev–Trinajstić information content (AvgIpc) is 2.49. The number of hydrogen-bond donors (Lipinski definition) is 2. The van der Waals surface area contributed by atoms with Crippen molar-refractivity contribution in [3.8, 4) is 0 Å². The Hall–Kier alpha value is -0.130. The van der Waals surface area contributed by atoms with Crippen molar-refractivity contribution in [2.24, 2.45) is 0 Å². The van der Waals surface area contributed by atoms with Crippen LogP contribution in [0.15, 0.2) is 0 Å². The Labute approximate surface area is 79.1 Å². The summed E-state index contributed by atoms with van der Waals surface area (Å²) >= 11 is 0. The van der Waals surface area contributed by atoms with Crippen molar-refractivity contribution in [3.63, 3.8) is 0 Å². The van der Waals surface area contributed by atoms with Crippen molar-refractivity contribution in [1.82, 2.24) is 10.0 Å². The molecule has 0 atom stereocenters. The molecule has 0 bridgehead atoms.